The Balaban J connectivity index is 2.26. The monoisotopic (exact) mass is 247 g/mol. The number of hydrogen-bond donors (Lipinski definition) is 0. The van der Waals surface area contributed by atoms with E-state index in [4.69, 9.17) is 5.26 Å². The molecule has 1 aromatic rings. The summed E-state index contributed by atoms with van der Waals surface area (Å²) in [5.74, 6) is -0.250. The van der Waals surface area contributed by atoms with Gasteiger partial charge in [-0.15, -0.1) is 0 Å². The van der Waals surface area contributed by atoms with Crippen LogP contribution in [0, 0.1) is 24.1 Å². The van der Waals surface area contributed by atoms with Crippen LogP contribution in [0.15, 0.2) is 18.2 Å². The lowest BCUT2D eigenvalue weighted by Crippen LogP contribution is -2.29. The van der Waals surface area contributed by atoms with Crippen LogP contribution in [0.5, 0.6) is 0 Å². The molecule has 0 saturated carbocycles. The number of nitriles is 1. The van der Waals surface area contributed by atoms with Crippen LogP contribution in [-0.2, 0) is 0 Å². The average molecular weight is 247 g/mol. The first-order chi connectivity index (χ1) is 8.54. The first-order valence-corrected chi connectivity index (χ1v) is 5.69. The van der Waals surface area contributed by atoms with Gasteiger partial charge in [0.25, 0.3) is 0 Å². The molecule has 1 fully saturated rings. The molecule has 2 rings (SSSR count). The van der Waals surface area contributed by atoms with E-state index in [-0.39, 0.29) is 24.4 Å². The van der Waals surface area contributed by atoms with Gasteiger partial charge in [-0.2, -0.15) is 5.26 Å². The molecule has 1 heterocycles. The Morgan fingerprint density at radius 2 is 2.28 bits per heavy atom. The van der Waals surface area contributed by atoms with Crippen LogP contribution < -0.4 is 0 Å². The molecular weight excluding hydrogens is 233 g/mol. The molecule has 1 atom stereocenters. The first kappa shape index (κ1) is 12.4. The van der Waals surface area contributed by atoms with Gasteiger partial charge in [0.05, 0.1) is 12.1 Å². The third kappa shape index (κ3) is 2.02. The third-order valence-electron chi connectivity index (χ3n) is 3.26. The van der Waals surface area contributed by atoms with Gasteiger partial charge in [0.1, 0.15) is 12.4 Å². The Labute approximate surface area is 105 Å². The molecule has 2 amide bonds. The van der Waals surface area contributed by atoms with Gasteiger partial charge in [-0.05, 0) is 24.1 Å². The van der Waals surface area contributed by atoms with Gasteiger partial charge in [-0.3, -0.25) is 0 Å². The normalized spacial score (nSPS) is 19.2. The number of halogens is 1. The molecule has 4 nitrogen and oxygen atoms in total. The van der Waals surface area contributed by atoms with Crippen molar-refractivity contribution in [2.24, 2.45) is 0 Å². The molecule has 1 aliphatic heterocycles. The van der Waals surface area contributed by atoms with Crippen LogP contribution in [0.2, 0.25) is 0 Å². The molecule has 0 aliphatic carbocycles. The highest BCUT2D eigenvalue weighted by atomic mass is 19.1. The second-order valence-corrected chi connectivity index (χ2v) is 4.46. The van der Waals surface area contributed by atoms with Gasteiger partial charge in [0.15, 0.2) is 0 Å². The summed E-state index contributed by atoms with van der Waals surface area (Å²) in [6, 6.07) is 6.54. The molecule has 1 aliphatic rings. The van der Waals surface area contributed by atoms with Crippen LogP contribution in [0.1, 0.15) is 17.2 Å². The predicted octanol–water partition coefficient (Wildman–Crippen LogP) is 2.07. The number of likely N-dealkylation sites (N-methyl/N-ethyl adjacent to an activating group) is 1. The third-order valence-corrected chi connectivity index (χ3v) is 3.26. The van der Waals surface area contributed by atoms with Crippen LogP contribution in [-0.4, -0.2) is 36.0 Å². The summed E-state index contributed by atoms with van der Waals surface area (Å²) in [5.41, 5.74) is 1.46. The van der Waals surface area contributed by atoms with Crippen molar-refractivity contribution >= 4 is 6.03 Å². The highest BCUT2D eigenvalue weighted by Gasteiger charge is 2.35. The van der Waals surface area contributed by atoms with E-state index in [0.29, 0.717) is 12.1 Å². The van der Waals surface area contributed by atoms with Crippen molar-refractivity contribution in [2.75, 3.05) is 20.1 Å². The van der Waals surface area contributed by atoms with Crippen LogP contribution in [0.3, 0.4) is 0 Å². The van der Waals surface area contributed by atoms with Crippen molar-refractivity contribution in [3.05, 3.63) is 35.1 Å². The maximum Gasteiger partial charge on any atom is 0.321 e. The van der Waals surface area contributed by atoms with Crippen molar-refractivity contribution in [3.8, 4) is 6.07 Å². The number of aryl methyl sites for hydroxylation is 1. The summed E-state index contributed by atoms with van der Waals surface area (Å²) >= 11 is 0. The maximum atomic E-state index is 13.2. The number of carbonyl (C=O) groups excluding carboxylic acids is 1. The predicted molar refractivity (Wildman–Crippen MR) is 64.2 cm³/mol. The highest BCUT2D eigenvalue weighted by Crippen LogP contribution is 2.28. The van der Waals surface area contributed by atoms with Crippen molar-refractivity contribution in [1.29, 1.82) is 5.26 Å². The Morgan fingerprint density at radius 1 is 1.56 bits per heavy atom. The zero-order valence-corrected chi connectivity index (χ0v) is 10.4. The molecule has 0 bridgehead atoms. The van der Waals surface area contributed by atoms with Gasteiger partial charge in [-0.25, -0.2) is 9.18 Å². The van der Waals surface area contributed by atoms with Crippen molar-refractivity contribution in [1.82, 2.24) is 9.80 Å². The van der Waals surface area contributed by atoms with Gasteiger partial charge < -0.3 is 9.80 Å². The Bertz CT molecular complexity index is 523. The fraction of sp³-hybridized carbons (Fsp3) is 0.385. The van der Waals surface area contributed by atoms with Gasteiger partial charge >= 0.3 is 6.03 Å². The minimum atomic E-state index is -0.250. The Kier molecular flexibility index (Phi) is 3.19. The Morgan fingerprint density at radius 3 is 2.89 bits per heavy atom. The van der Waals surface area contributed by atoms with E-state index in [1.165, 1.54) is 11.0 Å². The number of amides is 2. The summed E-state index contributed by atoms with van der Waals surface area (Å²) < 4.78 is 13.2. The molecule has 0 radical (unpaired) electrons. The smallest absolute Gasteiger partial charge is 0.319 e. The maximum absolute atomic E-state index is 13.2. The SMILES string of the molecule is Cc1cc(C2CN(CC#N)C(=O)N2C)ccc1F. The van der Waals surface area contributed by atoms with E-state index >= 15 is 0 Å². The second kappa shape index (κ2) is 4.65. The zero-order chi connectivity index (χ0) is 13.3. The second-order valence-electron chi connectivity index (χ2n) is 4.46. The van der Waals surface area contributed by atoms with Crippen LogP contribution in [0.4, 0.5) is 9.18 Å². The van der Waals surface area contributed by atoms with E-state index in [2.05, 4.69) is 0 Å². The largest absolute Gasteiger partial charge is 0.321 e. The minimum absolute atomic E-state index is 0.0832. The zero-order valence-electron chi connectivity index (χ0n) is 10.4. The van der Waals surface area contributed by atoms with Crippen LogP contribution in [0.25, 0.3) is 0 Å². The van der Waals surface area contributed by atoms with Gasteiger partial charge in [0.2, 0.25) is 0 Å². The van der Waals surface area contributed by atoms with Crippen molar-refractivity contribution in [3.63, 3.8) is 0 Å². The number of hydrogen-bond acceptors (Lipinski definition) is 2. The van der Waals surface area contributed by atoms with E-state index in [9.17, 15) is 9.18 Å². The lowest BCUT2D eigenvalue weighted by Gasteiger charge is -2.18. The quantitative estimate of drug-likeness (QED) is 0.751. The lowest BCUT2D eigenvalue weighted by atomic mass is 10.0. The van der Waals surface area contributed by atoms with E-state index < -0.39 is 0 Å². The average Bonchev–Trinajstić information content (AvgIpc) is 2.62. The molecule has 0 aromatic heterocycles. The van der Waals surface area contributed by atoms with E-state index in [0.717, 1.165) is 5.56 Å². The fourth-order valence-electron chi connectivity index (χ4n) is 2.19. The van der Waals surface area contributed by atoms with Crippen LogP contribution >= 0.6 is 0 Å². The summed E-state index contributed by atoms with van der Waals surface area (Å²) in [7, 11) is 1.70. The number of carbonyl (C=O) groups is 1. The molecule has 94 valence electrons. The Hall–Kier alpha value is -2.09. The molecule has 0 N–H and O–H groups in total. The standard InChI is InChI=1S/C13H14FN3O/c1-9-7-10(3-4-11(9)14)12-8-17(6-5-15)13(18)16(12)2/h3-4,7,12H,6,8H2,1-2H3. The molecule has 1 saturated heterocycles. The van der Waals surface area contributed by atoms with Gasteiger partial charge in [0, 0.05) is 13.6 Å². The number of benzene rings is 1. The summed E-state index contributed by atoms with van der Waals surface area (Å²) in [6.07, 6.45) is 0. The molecule has 1 unspecified atom stereocenters. The molecule has 5 heteroatoms. The van der Waals surface area contributed by atoms with E-state index in [1.807, 2.05) is 6.07 Å². The van der Waals surface area contributed by atoms with Gasteiger partial charge in [-0.1, -0.05) is 12.1 Å². The fourth-order valence-corrected chi connectivity index (χ4v) is 2.19. The van der Waals surface area contributed by atoms with Crippen molar-refractivity contribution in [2.45, 2.75) is 13.0 Å². The van der Waals surface area contributed by atoms with E-state index in [1.54, 1.807) is 31.0 Å². The topological polar surface area (TPSA) is 47.3 Å². The highest BCUT2D eigenvalue weighted by molar-refractivity contribution is 5.77. The molecule has 1 aromatic carbocycles. The summed E-state index contributed by atoms with van der Waals surface area (Å²) in [4.78, 5) is 14.9. The molecule has 0 spiro atoms. The number of rotatable bonds is 2. The summed E-state index contributed by atoms with van der Waals surface area (Å²) in [6.45, 7) is 2.25. The lowest BCUT2D eigenvalue weighted by molar-refractivity contribution is 0.199. The molecular formula is C13H14FN3O. The summed E-state index contributed by atoms with van der Waals surface area (Å²) in [5, 5.41) is 8.66. The number of nitrogens with zero attached hydrogens (tertiary/aromatic N) is 3. The number of urea groups is 1. The first-order valence-electron chi connectivity index (χ1n) is 5.69. The molecule has 18 heavy (non-hydrogen) atoms. The van der Waals surface area contributed by atoms with Crippen molar-refractivity contribution < 1.29 is 9.18 Å². The minimum Gasteiger partial charge on any atom is -0.319 e.